The number of hydrogen-bond acceptors (Lipinski definition) is 3. The van der Waals surface area contributed by atoms with Crippen molar-refractivity contribution in [2.45, 2.75) is 20.8 Å². The molecule has 0 amide bonds. The average Bonchev–Trinajstić information content (AvgIpc) is 2.26. The van der Waals surface area contributed by atoms with E-state index in [1.54, 1.807) is 0 Å². The summed E-state index contributed by atoms with van der Waals surface area (Å²) in [4.78, 5) is 4.83. The Balaban J connectivity index is 2.35. The average molecular weight is 271 g/mol. The quantitative estimate of drug-likeness (QED) is 0.840. The van der Waals surface area contributed by atoms with E-state index in [-0.39, 0.29) is 0 Å². The summed E-state index contributed by atoms with van der Waals surface area (Å²) < 4.78 is 0. The van der Waals surface area contributed by atoms with Crippen LogP contribution in [0.1, 0.15) is 22.4 Å². The Kier molecular flexibility index (Phi) is 3.81. The van der Waals surface area contributed by atoms with E-state index in [9.17, 15) is 0 Å². The van der Waals surface area contributed by atoms with Gasteiger partial charge in [0, 0.05) is 16.9 Å². The van der Waals surface area contributed by atoms with Gasteiger partial charge >= 0.3 is 0 Å². The molecule has 2 rings (SSSR count). The van der Waals surface area contributed by atoms with Crippen LogP contribution in [0.3, 0.4) is 0 Å². The predicted molar refractivity (Wildman–Crippen MR) is 84.1 cm³/mol. The molecule has 0 aliphatic rings. The van der Waals surface area contributed by atoms with Crippen LogP contribution in [0.4, 0.5) is 11.5 Å². The van der Waals surface area contributed by atoms with Crippen molar-refractivity contribution in [3.8, 4) is 0 Å². The Morgan fingerprint density at radius 3 is 2.26 bits per heavy atom. The van der Waals surface area contributed by atoms with Crippen molar-refractivity contribution >= 4 is 28.7 Å². The molecule has 0 atom stereocenters. The Hall–Kier alpha value is -1.94. The molecular weight excluding hydrogens is 254 g/mol. The number of hydrogen-bond donors (Lipinski definition) is 2. The van der Waals surface area contributed by atoms with E-state index in [4.69, 9.17) is 18.0 Å². The molecule has 98 valence electrons. The molecule has 3 N–H and O–H groups in total. The summed E-state index contributed by atoms with van der Waals surface area (Å²) in [7, 11) is 0. The lowest BCUT2D eigenvalue weighted by molar-refractivity contribution is 1.19. The van der Waals surface area contributed by atoms with Gasteiger partial charge in [-0.3, -0.25) is 0 Å². The molecule has 19 heavy (non-hydrogen) atoms. The first-order valence-corrected chi connectivity index (χ1v) is 6.49. The number of aromatic nitrogens is 1. The molecule has 0 fully saturated rings. The van der Waals surface area contributed by atoms with Crippen molar-refractivity contribution in [3.05, 3.63) is 52.7 Å². The molecule has 2 aromatic rings. The minimum absolute atomic E-state index is 0.383. The Labute approximate surface area is 118 Å². The number of pyridine rings is 1. The van der Waals surface area contributed by atoms with Crippen LogP contribution in [-0.2, 0) is 0 Å². The second-order valence-corrected chi connectivity index (χ2v) is 5.19. The van der Waals surface area contributed by atoms with Crippen LogP contribution in [0.15, 0.2) is 30.3 Å². The van der Waals surface area contributed by atoms with Crippen molar-refractivity contribution in [2.75, 3.05) is 5.32 Å². The van der Waals surface area contributed by atoms with Gasteiger partial charge in [0.15, 0.2) is 0 Å². The van der Waals surface area contributed by atoms with Gasteiger partial charge in [-0.2, -0.15) is 0 Å². The second-order valence-electron chi connectivity index (χ2n) is 4.75. The largest absolute Gasteiger partial charge is 0.389 e. The zero-order chi connectivity index (χ0) is 14.0. The normalized spacial score (nSPS) is 10.3. The third-order valence-corrected chi connectivity index (χ3v) is 2.97. The molecule has 0 spiro atoms. The minimum atomic E-state index is 0.383. The highest BCUT2D eigenvalue weighted by Crippen LogP contribution is 2.19. The maximum absolute atomic E-state index is 5.67. The summed E-state index contributed by atoms with van der Waals surface area (Å²) in [6.07, 6.45) is 0. The SMILES string of the molecule is Cc1cc(C)cc(Nc2cc(C(N)=S)cc(C)n2)c1. The van der Waals surface area contributed by atoms with E-state index >= 15 is 0 Å². The minimum Gasteiger partial charge on any atom is -0.389 e. The lowest BCUT2D eigenvalue weighted by Gasteiger charge is -2.10. The standard InChI is InChI=1S/C15H17N3S/c1-9-4-10(2)6-13(5-9)18-14-8-12(15(16)19)7-11(3)17-14/h4-8H,1-3H3,(H2,16,19)(H,17,18). The first-order valence-electron chi connectivity index (χ1n) is 6.08. The lowest BCUT2D eigenvalue weighted by Crippen LogP contribution is -2.10. The van der Waals surface area contributed by atoms with E-state index in [0.717, 1.165) is 22.8 Å². The molecule has 0 saturated heterocycles. The van der Waals surface area contributed by atoms with Crippen molar-refractivity contribution in [2.24, 2.45) is 5.73 Å². The van der Waals surface area contributed by atoms with Crippen LogP contribution in [0.2, 0.25) is 0 Å². The maximum atomic E-state index is 5.67. The summed E-state index contributed by atoms with van der Waals surface area (Å²) in [5.41, 5.74) is 10.8. The van der Waals surface area contributed by atoms with Gasteiger partial charge in [0.25, 0.3) is 0 Å². The van der Waals surface area contributed by atoms with Gasteiger partial charge in [0.2, 0.25) is 0 Å². The van der Waals surface area contributed by atoms with Crippen molar-refractivity contribution in [1.29, 1.82) is 0 Å². The first-order chi connectivity index (χ1) is 8.94. The molecular formula is C15H17N3S. The number of thiocarbonyl (C=S) groups is 1. The number of rotatable bonds is 3. The summed E-state index contributed by atoms with van der Waals surface area (Å²) in [5, 5.41) is 3.30. The number of benzene rings is 1. The zero-order valence-corrected chi connectivity index (χ0v) is 12.1. The molecule has 0 saturated carbocycles. The van der Waals surface area contributed by atoms with Crippen LogP contribution >= 0.6 is 12.2 Å². The van der Waals surface area contributed by atoms with E-state index in [0.29, 0.717) is 4.99 Å². The van der Waals surface area contributed by atoms with Gasteiger partial charge in [-0.25, -0.2) is 4.98 Å². The molecule has 0 aliphatic heterocycles. The lowest BCUT2D eigenvalue weighted by atomic mass is 10.1. The summed E-state index contributed by atoms with van der Waals surface area (Å²) in [5.74, 6) is 0.757. The number of nitrogens with two attached hydrogens (primary N) is 1. The third-order valence-electron chi connectivity index (χ3n) is 2.73. The fraction of sp³-hybridized carbons (Fsp3) is 0.200. The number of aryl methyl sites for hydroxylation is 3. The van der Waals surface area contributed by atoms with Crippen molar-refractivity contribution < 1.29 is 0 Å². The van der Waals surface area contributed by atoms with Crippen molar-refractivity contribution in [3.63, 3.8) is 0 Å². The number of nitrogens with one attached hydrogen (secondary N) is 1. The molecule has 0 bridgehead atoms. The molecule has 0 radical (unpaired) electrons. The molecule has 0 unspecified atom stereocenters. The van der Waals surface area contributed by atoms with Gasteiger partial charge in [0.1, 0.15) is 10.8 Å². The fourth-order valence-corrected chi connectivity index (χ4v) is 2.19. The Morgan fingerprint density at radius 1 is 1.05 bits per heavy atom. The molecule has 1 aromatic heterocycles. The predicted octanol–water partition coefficient (Wildman–Crippen LogP) is 3.38. The molecule has 0 aliphatic carbocycles. The Bertz CT molecular complexity index is 615. The van der Waals surface area contributed by atoms with E-state index < -0.39 is 0 Å². The number of nitrogens with zero attached hydrogens (tertiary/aromatic N) is 1. The topological polar surface area (TPSA) is 50.9 Å². The van der Waals surface area contributed by atoms with Crippen molar-refractivity contribution in [1.82, 2.24) is 4.98 Å². The van der Waals surface area contributed by atoms with Gasteiger partial charge < -0.3 is 11.1 Å². The van der Waals surface area contributed by atoms with Crippen LogP contribution in [0.5, 0.6) is 0 Å². The first kappa shape index (κ1) is 13.5. The fourth-order valence-electron chi connectivity index (χ4n) is 2.07. The molecule has 1 heterocycles. The maximum Gasteiger partial charge on any atom is 0.131 e. The highest BCUT2D eigenvalue weighted by atomic mass is 32.1. The monoisotopic (exact) mass is 271 g/mol. The third kappa shape index (κ3) is 3.51. The summed E-state index contributed by atoms with van der Waals surface area (Å²) >= 11 is 5.01. The molecule has 1 aromatic carbocycles. The zero-order valence-electron chi connectivity index (χ0n) is 11.3. The van der Waals surface area contributed by atoms with Gasteiger partial charge in [-0.15, -0.1) is 0 Å². The highest BCUT2D eigenvalue weighted by Gasteiger charge is 2.03. The highest BCUT2D eigenvalue weighted by molar-refractivity contribution is 7.80. The smallest absolute Gasteiger partial charge is 0.131 e. The molecule has 3 nitrogen and oxygen atoms in total. The van der Waals surface area contributed by atoms with E-state index in [2.05, 4.69) is 42.3 Å². The van der Waals surface area contributed by atoms with Crippen LogP contribution in [-0.4, -0.2) is 9.97 Å². The number of anilines is 2. The Morgan fingerprint density at radius 2 is 1.68 bits per heavy atom. The summed E-state index contributed by atoms with van der Waals surface area (Å²) in [6, 6.07) is 10.0. The van der Waals surface area contributed by atoms with Crippen LogP contribution in [0, 0.1) is 20.8 Å². The molecule has 4 heteroatoms. The van der Waals surface area contributed by atoms with Gasteiger partial charge in [-0.1, -0.05) is 18.3 Å². The van der Waals surface area contributed by atoms with E-state index in [1.807, 2.05) is 19.1 Å². The van der Waals surface area contributed by atoms with E-state index in [1.165, 1.54) is 11.1 Å². The van der Waals surface area contributed by atoms with Gasteiger partial charge in [0.05, 0.1) is 0 Å². The van der Waals surface area contributed by atoms with Crippen LogP contribution in [0.25, 0.3) is 0 Å². The second kappa shape index (κ2) is 5.36. The van der Waals surface area contributed by atoms with Crippen LogP contribution < -0.4 is 11.1 Å². The summed E-state index contributed by atoms with van der Waals surface area (Å²) in [6.45, 7) is 6.07. The van der Waals surface area contributed by atoms with Gasteiger partial charge in [-0.05, 0) is 56.2 Å².